The molecule has 0 unspecified atom stereocenters. The van der Waals surface area contributed by atoms with Crippen LogP contribution >= 0.6 is 23.7 Å². The highest BCUT2D eigenvalue weighted by molar-refractivity contribution is 7.09. The van der Waals surface area contributed by atoms with Crippen LogP contribution in [0.3, 0.4) is 0 Å². The summed E-state index contributed by atoms with van der Waals surface area (Å²) in [6.45, 7) is 0.303. The minimum atomic E-state index is -0.319. The van der Waals surface area contributed by atoms with Gasteiger partial charge in [-0.3, -0.25) is 9.59 Å². The first-order valence-electron chi connectivity index (χ1n) is 9.05. The van der Waals surface area contributed by atoms with Crippen molar-refractivity contribution in [2.75, 3.05) is 17.7 Å². The number of nitrogens with one attached hydrogen (secondary N) is 2. The van der Waals surface area contributed by atoms with E-state index in [9.17, 15) is 9.59 Å². The molecule has 0 atom stereocenters. The smallest absolute Gasteiger partial charge is 0.275 e. The number of halogens is 1. The summed E-state index contributed by atoms with van der Waals surface area (Å²) in [6, 6.07) is 5.15. The van der Waals surface area contributed by atoms with E-state index in [0.717, 1.165) is 25.7 Å². The number of rotatable bonds is 6. The van der Waals surface area contributed by atoms with E-state index < -0.39 is 0 Å². The van der Waals surface area contributed by atoms with Gasteiger partial charge in [-0.25, -0.2) is 4.98 Å². The Kier molecular flexibility index (Phi) is 8.22. The highest BCUT2D eigenvalue weighted by atomic mass is 35.5. The van der Waals surface area contributed by atoms with Crippen molar-refractivity contribution in [3.05, 3.63) is 34.3 Å². The van der Waals surface area contributed by atoms with Crippen LogP contribution in [0.1, 0.15) is 47.6 Å². The number of carbonyl (C=O) groups is 2. The first-order valence-corrected chi connectivity index (χ1v) is 9.93. The molecule has 3 rings (SSSR count). The normalized spacial score (nSPS) is 14.1. The van der Waals surface area contributed by atoms with Gasteiger partial charge in [0.15, 0.2) is 0 Å². The Morgan fingerprint density at radius 3 is 2.64 bits per heavy atom. The lowest BCUT2D eigenvalue weighted by molar-refractivity contribution is -0.120. The lowest BCUT2D eigenvalue weighted by Crippen LogP contribution is -2.25. The Labute approximate surface area is 174 Å². The van der Waals surface area contributed by atoms with Crippen molar-refractivity contribution in [2.24, 2.45) is 11.7 Å². The van der Waals surface area contributed by atoms with Gasteiger partial charge in [0.2, 0.25) is 5.91 Å². The van der Waals surface area contributed by atoms with Crippen LogP contribution in [0, 0.1) is 5.92 Å². The molecule has 28 heavy (non-hydrogen) atoms. The van der Waals surface area contributed by atoms with Crippen LogP contribution in [0.5, 0.6) is 5.75 Å². The second-order valence-electron chi connectivity index (χ2n) is 6.52. The molecule has 1 fully saturated rings. The van der Waals surface area contributed by atoms with Crippen LogP contribution in [-0.2, 0) is 11.3 Å². The number of nitrogens with zero attached hydrogens (tertiary/aromatic N) is 1. The van der Waals surface area contributed by atoms with Crippen molar-refractivity contribution >= 4 is 46.9 Å². The average Bonchev–Trinajstić information content (AvgIpc) is 3.18. The van der Waals surface area contributed by atoms with Crippen LogP contribution < -0.4 is 21.1 Å². The number of nitrogens with two attached hydrogens (primary N) is 1. The molecule has 0 bridgehead atoms. The molecule has 1 aromatic carbocycles. The van der Waals surface area contributed by atoms with E-state index >= 15 is 0 Å². The third-order valence-corrected chi connectivity index (χ3v) is 5.52. The highest BCUT2D eigenvalue weighted by Gasteiger charge is 2.22. The van der Waals surface area contributed by atoms with E-state index in [-0.39, 0.29) is 30.1 Å². The fourth-order valence-electron chi connectivity index (χ4n) is 3.19. The standard InChI is InChI=1S/C19H24N4O3S.ClH/c1-26-16-8-7-13(21-19(25)15-11-27-17(10-20)22-15)9-14(16)23-18(24)12-5-3-2-4-6-12;/h7-9,11-12H,2-6,10,20H2,1H3,(H,21,25)(H,23,24);1H. The molecule has 0 aliphatic heterocycles. The van der Waals surface area contributed by atoms with E-state index in [1.807, 2.05) is 0 Å². The summed E-state index contributed by atoms with van der Waals surface area (Å²) in [5.74, 6) is 0.270. The van der Waals surface area contributed by atoms with Crippen molar-refractivity contribution < 1.29 is 14.3 Å². The lowest BCUT2D eigenvalue weighted by Gasteiger charge is -2.21. The lowest BCUT2D eigenvalue weighted by atomic mass is 9.88. The van der Waals surface area contributed by atoms with Crippen molar-refractivity contribution in [2.45, 2.75) is 38.6 Å². The van der Waals surface area contributed by atoms with Gasteiger partial charge < -0.3 is 21.1 Å². The van der Waals surface area contributed by atoms with E-state index in [2.05, 4.69) is 15.6 Å². The maximum Gasteiger partial charge on any atom is 0.275 e. The molecular weight excluding hydrogens is 400 g/mol. The molecule has 1 heterocycles. The van der Waals surface area contributed by atoms with Gasteiger partial charge in [-0.1, -0.05) is 19.3 Å². The summed E-state index contributed by atoms with van der Waals surface area (Å²) in [7, 11) is 1.55. The van der Waals surface area contributed by atoms with Gasteiger partial charge in [-0.05, 0) is 31.0 Å². The number of hydrogen-bond donors (Lipinski definition) is 3. The second-order valence-corrected chi connectivity index (χ2v) is 7.47. The number of benzene rings is 1. The number of aromatic nitrogens is 1. The first kappa shape index (κ1) is 22.1. The maximum absolute atomic E-state index is 12.6. The summed E-state index contributed by atoms with van der Waals surface area (Å²) < 4.78 is 5.34. The molecule has 152 valence electrons. The topological polar surface area (TPSA) is 106 Å². The predicted molar refractivity (Wildman–Crippen MR) is 113 cm³/mol. The third-order valence-electron chi connectivity index (χ3n) is 4.65. The predicted octanol–water partition coefficient (Wildman–Crippen LogP) is 3.80. The van der Waals surface area contributed by atoms with Gasteiger partial charge in [0.05, 0.1) is 12.8 Å². The Bertz CT molecular complexity index is 821. The molecule has 1 aromatic heterocycles. The SMILES string of the molecule is COc1ccc(NC(=O)c2csc(CN)n2)cc1NC(=O)C1CCCCC1.Cl. The number of anilines is 2. The Hall–Kier alpha value is -2.16. The molecule has 2 amide bonds. The van der Waals surface area contributed by atoms with E-state index in [1.54, 1.807) is 30.7 Å². The molecule has 1 aliphatic rings. The molecule has 9 heteroatoms. The molecule has 7 nitrogen and oxygen atoms in total. The Morgan fingerprint density at radius 1 is 1.25 bits per heavy atom. The molecule has 0 saturated heterocycles. The third kappa shape index (κ3) is 5.43. The quantitative estimate of drug-likeness (QED) is 0.653. The fourth-order valence-corrected chi connectivity index (χ4v) is 3.84. The number of thiazole rings is 1. The summed E-state index contributed by atoms with van der Waals surface area (Å²) in [5, 5.41) is 8.13. The number of amides is 2. The minimum absolute atomic E-state index is 0. The van der Waals surface area contributed by atoms with E-state index in [4.69, 9.17) is 10.5 Å². The number of hydrogen-bond acceptors (Lipinski definition) is 6. The zero-order chi connectivity index (χ0) is 19.2. The number of methoxy groups -OCH3 is 1. The molecule has 2 aromatic rings. The highest BCUT2D eigenvalue weighted by Crippen LogP contribution is 2.31. The minimum Gasteiger partial charge on any atom is -0.495 e. The summed E-state index contributed by atoms with van der Waals surface area (Å²) in [6.07, 6.45) is 5.19. The summed E-state index contributed by atoms with van der Waals surface area (Å²) >= 11 is 1.35. The molecule has 1 aliphatic carbocycles. The van der Waals surface area contributed by atoms with Gasteiger partial charge in [0.25, 0.3) is 5.91 Å². The molecule has 0 radical (unpaired) electrons. The maximum atomic E-state index is 12.6. The van der Waals surface area contributed by atoms with Crippen molar-refractivity contribution in [3.8, 4) is 5.75 Å². The number of ether oxygens (including phenoxy) is 1. The van der Waals surface area contributed by atoms with Crippen molar-refractivity contribution in [3.63, 3.8) is 0 Å². The van der Waals surface area contributed by atoms with Gasteiger partial charge in [-0.2, -0.15) is 0 Å². The zero-order valence-electron chi connectivity index (χ0n) is 15.7. The second kappa shape index (κ2) is 10.4. The molecule has 4 N–H and O–H groups in total. The Morgan fingerprint density at radius 2 is 2.00 bits per heavy atom. The average molecular weight is 425 g/mol. The van der Waals surface area contributed by atoms with Crippen LogP contribution in [-0.4, -0.2) is 23.9 Å². The van der Waals surface area contributed by atoms with Gasteiger partial charge in [-0.15, -0.1) is 23.7 Å². The van der Waals surface area contributed by atoms with Crippen LogP contribution in [0.2, 0.25) is 0 Å². The van der Waals surface area contributed by atoms with Crippen molar-refractivity contribution in [1.29, 1.82) is 0 Å². The van der Waals surface area contributed by atoms with Crippen LogP contribution in [0.15, 0.2) is 23.6 Å². The fraction of sp³-hybridized carbons (Fsp3) is 0.421. The van der Waals surface area contributed by atoms with Gasteiger partial charge in [0, 0.05) is 23.5 Å². The van der Waals surface area contributed by atoms with Gasteiger partial charge in [0.1, 0.15) is 16.5 Å². The molecule has 0 spiro atoms. The Balaban J connectivity index is 0.00000280. The number of carbonyl (C=O) groups excluding carboxylic acids is 2. The van der Waals surface area contributed by atoms with Crippen LogP contribution in [0.4, 0.5) is 11.4 Å². The van der Waals surface area contributed by atoms with Crippen LogP contribution in [0.25, 0.3) is 0 Å². The zero-order valence-corrected chi connectivity index (χ0v) is 17.3. The van der Waals surface area contributed by atoms with E-state index in [1.165, 1.54) is 17.8 Å². The summed E-state index contributed by atoms with van der Waals surface area (Å²) in [5.41, 5.74) is 6.97. The molecular formula is C19H25ClN4O3S. The first-order chi connectivity index (χ1) is 13.1. The molecule has 1 saturated carbocycles. The van der Waals surface area contributed by atoms with Gasteiger partial charge >= 0.3 is 0 Å². The largest absolute Gasteiger partial charge is 0.495 e. The summed E-state index contributed by atoms with van der Waals surface area (Å²) in [4.78, 5) is 29.1. The van der Waals surface area contributed by atoms with E-state index in [0.29, 0.717) is 34.4 Å². The monoisotopic (exact) mass is 424 g/mol. The van der Waals surface area contributed by atoms with Crippen molar-refractivity contribution in [1.82, 2.24) is 4.98 Å².